The average molecular weight is 251 g/mol. The Morgan fingerprint density at radius 1 is 1.44 bits per heavy atom. The summed E-state index contributed by atoms with van der Waals surface area (Å²) in [5.41, 5.74) is 2.65. The Morgan fingerprint density at radius 2 is 2.17 bits per heavy atom. The van der Waals surface area contributed by atoms with Crippen LogP contribution in [-0.2, 0) is 12.8 Å². The number of nitrogens with one attached hydrogen (secondary N) is 2. The highest BCUT2D eigenvalue weighted by Crippen LogP contribution is 2.22. The maximum atomic E-state index is 12.1. The highest BCUT2D eigenvalue weighted by molar-refractivity contribution is 5.94. The van der Waals surface area contributed by atoms with Crippen molar-refractivity contribution in [3.63, 3.8) is 0 Å². The lowest BCUT2D eigenvalue weighted by molar-refractivity contribution is 0.0890. The Labute approximate surface area is 107 Å². The molecule has 0 unspecified atom stereocenters. The van der Waals surface area contributed by atoms with Gasteiger partial charge in [-0.05, 0) is 31.6 Å². The van der Waals surface area contributed by atoms with E-state index in [4.69, 9.17) is 0 Å². The van der Waals surface area contributed by atoms with E-state index in [0.29, 0.717) is 5.69 Å². The Kier molecular flexibility index (Phi) is 4.01. The van der Waals surface area contributed by atoms with Crippen molar-refractivity contribution < 1.29 is 9.90 Å². The number of nitrogens with zero attached hydrogens (tertiary/aromatic N) is 1. The van der Waals surface area contributed by atoms with Gasteiger partial charge in [0.25, 0.3) is 5.91 Å². The van der Waals surface area contributed by atoms with E-state index in [0.717, 1.165) is 36.9 Å². The zero-order valence-electron chi connectivity index (χ0n) is 11.0. The Balaban J connectivity index is 2.11. The Morgan fingerprint density at radius 3 is 2.83 bits per heavy atom. The van der Waals surface area contributed by atoms with Crippen LogP contribution in [0.1, 0.15) is 48.4 Å². The van der Waals surface area contributed by atoms with Crippen molar-refractivity contribution >= 4 is 5.91 Å². The molecule has 3 N–H and O–H groups in total. The molecule has 0 aliphatic heterocycles. The van der Waals surface area contributed by atoms with E-state index in [1.54, 1.807) is 0 Å². The van der Waals surface area contributed by atoms with Crippen LogP contribution in [0.3, 0.4) is 0 Å². The van der Waals surface area contributed by atoms with Crippen molar-refractivity contribution in [1.29, 1.82) is 0 Å². The molecule has 1 aromatic heterocycles. The molecule has 1 aliphatic rings. The standard InChI is InChI=1S/C13H21N3O2/c1-8(2)11(7-17)14-13(18)12-9-5-3-4-6-10(9)15-16-12/h8,11,17H,3-7H2,1-2H3,(H,14,18)(H,15,16)/t11-/m1/s1. The summed E-state index contributed by atoms with van der Waals surface area (Å²) in [4.78, 5) is 12.1. The van der Waals surface area contributed by atoms with E-state index < -0.39 is 0 Å². The number of carbonyl (C=O) groups excluding carboxylic acids is 1. The zero-order chi connectivity index (χ0) is 13.1. The SMILES string of the molecule is CC(C)[C@@H](CO)NC(=O)c1n[nH]c2c1CCCC2. The third-order valence-electron chi connectivity index (χ3n) is 3.59. The van der Waals surface area contributed by atoms with Gasteiger partial charge in [0, 0.05) is 11.3 Å². The number of hydrogen-bond acceptors (Lipinski definition) is 3. The van der Waals surface area contributed by atoms with Crippen LogP contribution in [0.15, 0.2) is 0 Å². The topological polar surface area (TPSA) is 78.0 Å². The van der Waals surface area contributed by atoms with Crippen molar-refractivity contribution in [1.82, 2.24) is 15.5 Å². The van der Waals surface area contributed by atoms with Gasteiger partial charge in [0.2, 0.25) is 0 Å². The molecule has 0 radical (unpaired) electrons. The molecule has 100 valence electrons. The molecular weight excluding hydrogens is 230 g/mol. The van der Waals surface area contributed by atoms with Gasteiger partial charge in [0.15, 0.2) is 5.69 Å². The maximum Gasteiger partial charge on any atom is 0.272 e. The number of aromatic amines is 1. The first-order valence-electron chi connectivity index (χ1n) is 6.61. The molecule has 0 fully saturated rings. The van der Waals surface area contributed by atoms with Gasteiger partial charge in [-0.15, -0.1) is 0 Å². The Bertz CT molecular complexity index is 426. The van der Waals surface area contributed by atoms with Crippen LogP contribution in [0, 0.1) is 5.92 Å². The van der Waals surface area contributed by atoms with Gasteiger partial charge >= 0.3 is 0 Å². The monoisotopic (exact) mass is 251 g/mol. The van der Waals surface area contributed by atoms with E-state index in [9.17, 15) is 9.90 Å². The summed E-state index contributed by atoms with van der Waals surface area (Å²) in [6.07, 6.45) is 4.16. The van der Waals surface area contributed by atoms with Crippen LogP contribution < -0.4 is 5.32 Å². The maximum absolute atomic E-state index is 12.1. The number of aryl methyl sites for hydroxylation is 1. The van der Waals surface area contributed by atoms with Crippen LogP contribution in [0.4, 0.5) is 0 Å². The van der Waals surface area contributed by atoms with Crippen molar-refractivity contribution in [2.24, 2.45) is 5.92 Å². The molecule has 0 spiro atoms. The van der Waals surface area contributed by atoms with Gasteiger partial charge in [-0.3, -0.25) is 9.89 Å². The molecular formula is C13H21N3O2. The minimum Gasteiger partial charge on any atom is -0.394 e. The minimum absolute atomic E-state index is 0.0456. The highest BCUT2D eigenvalue weighted by Gasteiger charge is 2.24. The summed E-state index contributed by atoms with van der Waals surface area (Å²) < 4.78 is 0. The fourth-order valence-electron chi connectivity index (χ4n) is 2.33. The summed E-state index contributed by atoms with van der Waals surface area (Å²) in [7, 11) is 0. The summed E-state index contributed by atoms with van der Waals surface area (Å²) in [6.45, 7) is 3.90. The van der Waals surface area contributed by atoms with E-state index in [1.807, 2.05) is 13.8 Å². The van der Waals surface area contributed by atoms with E-state index >= 15 is 0 Å². The predicted molar refractivity (Wildman–Crippen MR) is 68.4 cm³/mol. The lowest BCUT2D eigenvalue weighted by atomic mass is 9.95. The molecule has 5 nitrogen and oxygen atoms in total. The molecule has 1 amide bonds. The normalized spacial score (nSPS) is 16.4. The van der Waals surface area contributed by atoms with Gasteiger partial charge in [-0.1, -0.05) is 13.8 Å². The molecule has 1 atom stereocenters. The summed E-state index contributed by atoms with van der Waals surface area (Å²) >= 11 is 0. The van der Waals surface area contributed by atoms with Crippen molar-refractivity contribution in [2.75, 3.05) is 6.61 Å². The highest BCUT2D eigenvalue weighted by atomic mass is 16.3. The number of rotatable bonds is 4. The molecule has 0 aromatic carbocycles. The second-order valence-corrected chi connectivity index (χ2v) is 5.24. The molecule has 1 heterocycles. The molecule has 5 heteroatoms. The number of amides is 1. The second-order valence-electron chi connectivity index (χ2n) is 5.24. The first kappa shape index (κ1) is 13.1. The van der Waals surface area contributed by atoms with Gasteiger partial charge in [-0.25, -0.2) is 0 Å². The summed E-state index contributed by atoms with van der Waals surface area (Å²) in [6, 6.07) is -0.214. The van der Waals surface area contributed by atoms with E-state index in [-0.39, 0.29) is 24.5 Å². The number of aliphatic hydroxyl groups excluding tert-OH is 1. The molecule has 0 bridgehead atoms. The molecule has 1 aromatic rings. The van der Waals surface area contributed by atoms with Crippen molar-refractivity contribution in [3.8, 4) is 0 Å². The van der Waals surface area contributed by atoms with Crippen molar-refractivity contribution in [3.05, 3.63) is 17.0 Å². The van der Waals surface area contributed by atoms with E-state index in [1.165, 1.54) is 0 Å². The number of hydrogen-bond donors (Lipinski definition) is 3. The molecule has 2 rings (SSSR count). The molecule has 1 aliphatic carbocycles. The number of aromatic nitrogens is 2. The fourth-order valence-corrected chi connectivity index (χ4v) is 2.33. The first-order chi connectivity index (χ1) is 8.63. The first-order valence-corrected chi connectivity index (χ1v) is 6.61. The van der Waals surface area contributed by atoms with Gasteiger partial charge in [-0.2, -0.15) is 5.10 Å². The van der Waals surface area contributed by atoms with Crippen LogP contribution in [0.25, 0.3) is 0 Å². The fraction of sp³-hybridized carbons (Fsp3) is 0.692. The van der Waals surface area contributed by atoms with Crippen LogP contribution in [0.2, 0.25) is 0 Å². The third kappa shape index (κ3) is 2.56. The average Bonchev–Trinajstić information content (AvgIpc) is 2.79. The molecule has 18 heavy (non-hydrogen) atoms. The van der Waals surface area contributed by atoms with Crippen LogP contribution in [0.5, 0.6) is 0 Å². The molecule has 0 saturated carbocycles. The largest absolute Gasteiger partial charge is 0.394 e. The lowest BCUT2D eigenvalue weighted by Crippen LogP contribution is -2.41. The van der Waals surface area contributed by atoms with Gasteiger partial charge in [0.05, 0.1) is 12.6 Å². The minimum atomic E-state index is -0.214. The Hall–Kier alpha value is -1.36. The number of fused-ring (bicyclic) bond motifs is 1. The predicted octanol–water partition coefficient (Wildman–Crippen LogP) is 1.04. The van der Waals surface area contributed by atoms with E-state index in [2.05, 4.69) is 15.5 Å². The van der Waals surface area contributed by atoms with Gasteiger partial charge in [0.1, 0.15) is 0 Å². The quantitative estimate of drug-likeness (QED) is 0.748. The smallest absolute Gasteiger partial charge is 0.272 e. The number of aliphatic hydroxyl groups is 1. The zero-order valence-corrected chi connectivity index (χ0v) is 11.0. The number of carbonyl (C=O) groups is 1. The summed E-state index contributed by atoms with van der Waals surface area (Å²) in [5.74, 6) is 0.0240. The summed E-state index contributed by atoms with van der Waals surface area (Å²) in [5, 5.41) is 19.2. The number of H-pyrrole nitrogens is 1. The van der Waals surface area contributed by atoms with Gasteiger partial charge < -0.3 is 10.4 Å². The lowest BCUT2D eigenvalue weighted by Gasteiger charge is -2.19. The van der Waals surface area contributed by atoms with Crippen LogP contribution in [-0.4, -0.2) is 33.9 Å². The third-order valence-corrected chi connectivity index (χ3v) is 3.59. The van der Waals surface area contributed by atoms with Crippen LogP contribution >= 0.6 is 0 Å². The second kappa shape index (κ2) is 5.52. The molecule has 0 saturated heterocycles. The van der Waals surface area contributed by atoms with Crippen molar-refractivity contribution in [2.45, 2.75) is 45.6 Å².